The van der Waals surface area contributed by atoms with Crippen LogP contribution in [0.15, 0.2) is 37.1 Å². The molecule has 6 atom stereocenters. The number of carbonyl (C=O) groups excluding carboxylic acids is 3. The van der Waals surface area contributed by atoms with Crippen LogP contribution in [0.3, 0.4) is 0 Å². The van der Waals surface area contributed by atoms with Crippen LogP contribution in [0.2, 0.25) is 0 Å². The van der Waals surface area contributed by atoms with Crippen molar-refractivity contribution in [2.75, 3.05) is 94.7 Å². The van der Waals surface area contributed by atoms with Crippen LogP contribution in [0, 0.1) is 58.2 Å². The molecule has 0 aromatic carbocycles. The molecule has 6 aromatic rings. The molecule has 3 aliphatic rings. The lowest BCUT2D eigenvalue weighted by Crippen LogP contribution is -2.53. The zero-order valence-electron chi connectivity index (χ0n) is 56.8. The summed E-state index contributed by atoms with van der Waals surface area (Å²) < 4.78 is 133. The number of nitrogens with zero attached hydrogens (tertiary/aromatic N) is 15. The molecule has 0 unspecified atom stereocenters. The first kappa shape index (κ1) is 34.5. The summed E-state index contributed by atoms with van der Waals surface area (Å²) in [5.41, 5.74) is 2.95. The van der Waals surface area contributed by atoms with Crippen molar-refractivity contribution in [1.82, 2.24) is 59.6 Å². The zero-order valence-corrected chi connectivity index (χ0v) is 40.8. The zero-order chi connectivity index (χ0) is 65.6. The summed E-state index contributed by atoms with van der Waals surface area (Å²) in [5, 5.41) is 1.14. The molecule has 72 heavy (non-hydrogen) atoms. The molecule has 6 aromatic heterocycles. The van der Waals surface area contributed by atoms with Crippen molar-refractivity contribution in [3.05, 3.63) is 88.4 Å². The minimum atomic E-state index is -2.82. The highest BCUT2D eigenvalue weighted by molar-refractivity contribution is 5.90. The third-order valence-electron chi connectivity index (χ3n) is 12.5. The van der Waals surface area contributed by atoms with Crippen molar-refractivity contribution >= 4 is 68.3 Å². The Morgan fingerprint density at radius 1 is 0.597 bits per heavy atom. The molecule has 21 nitrogen and oxygen atoms in total. The van der Waals surface area contributed by atoms with E-state index in [-0.39, 0.29) is 101 Å². The van der Waals surface area contributed by atoms with Gasteiger partial charge in [0.25, 0.3) is 19.6 Å². The van der Waals surface area contributed by atoms with Gasteiger partial charge in [-0.1, -0.05) is 20.6 Å². The fraction of sp³-hybridized carbons (Fsp3) is 0.529. The van der Waals surface area contributed by atoms with Gasteiger partial charge in [-0.2, -0.15) is 0 Å². The number of likely N-dealkylation sites (N-methyl/N-ethyl adjacent to an activating group) is 3. The Bertz CT molecular complexity index is 3760. The second-order valence-electron chi connectivity index (χ2n) is 17.3. The second-order valence-corrected chi connectivity index (χ2v) is 17.3. The molecule has 9 heterocycles. The van der Waals surface area contributed by atoms with Crippen LogP contribution in [-0.4, -0.2) is 175 Å². The van der Waals surface area contributed by atoms with Crippen molar-refractivity contribution in [2.45, 2.75) is 78.7 Å². The van der Waals surface area contributed by atoms with Gasteiger partial charge in [-0.15, -0.1) is 0 Å². The van der Waals surface area contributed by atoms with Crippen molar-refractivity contribution in [3.63, 3.8) is 0 Å². The Balaban J connectivity index is 0.000000188. The molecule has 9 rings (SSSR count). The molecular weight excluding hydrogens is 913 g/mol. The maximum Gasteiger partial charge on any atom is 0.302 e. The molecular formula is C51H66N18O3. The maximum atomic E-state index is 12.3. The number of aryl methyl sites for hydroxylation is 3. The summed E-state index contributed by atoms with van der Waals surface area (Å²) in [6.45, 7) is 16.6. The summed E-state index contributed by atoms with van der Waals surface area (Å²) in [7, 11) is 4.61. The number of hydrogen-bond acceptors (Lipinski definition) is 12. The molecule has 3 saturated heterocycles. The van der Waals surface area contributed by atoms with E-state index < -0.39 is 80.6 Å². The molecule has 0 saturated carbocycles. The van der Waals surface area contributed by atoms with Gasteiger partial charge in [0.2, 0.25) is 0 Å². The smallest absolute Gasteiger partial charge is 0.302 e. The van der Waals surface area contributed by atoms with Crippen LogP contribution in [0.5, 0.6) is 0 Å². The molecule has 3 N–H and O–H groups in total. The average molecular weight is 995 g/mol. The monoisotopic (exact) mass is 995 g/mol. The number of nitrogens with one attached hydrogen (secondary N) is 3. The van der Waals surface area contributed by atoms with E-state index in [9.17, 15) is 14.4 Å². The minimum Gasteiger partial charge on any atom is -0.354 e. The number of carbonyl (C=O) groups is 3. The molecule has 378 valence electrons. The number of amides is 3. The summed E-state index contributed by atoms with van der Waals surface area (Å²) in [4.78, 5) is 88.5. The Morgan fingerprint density at radius 3 is 1.42 bits per heavy atom. The number of hydrogen-bond donors (Lipinski definition) is 3. The Kier molecular flexibility index (Phi) is 11.0. The van der Waals surface area contributed by atoms with Gasteiger partial charge < -0.3 is 58.9 Å². The lowest BCUT2D eigenvalue weighted by atomic mass is 9.92. The van der Waals surface area contributed by atoms with Gasteiger partial charge >= 0.3 is 17.7 Å². The first-order valence-corrected chi connectivity index (χ1v) is 22.8. The number of aromatic nitrogens is 9. The second kappa shape index (κ2) is 22.9. The van der Waals surface area contributed by atoms with E-state index in [1.807, 2.05) is 0 Å². The summed E-state index contributed by atoms with van der Waals surface area (Å²) in [5.74, 6) is -5.76. The van der Waals surface area contributed by atoms with Crippen LogP contribution in [0.4, 0.5) is 17.5 Å². The van der Waals surface area contributed by atoms with Crippen LogP contribution in [0.25, 0.3) is 47.6 Å². The summed E-state index contributed by atoms with van der Waals surface area (Å²) >= 11 is 0. The molecule has 3 amide bonds. The topological polar surface area (TPSA) is 208 Å². The van der Waals surface area contributed by atoms with E-state index in [2.05, 4.69) is 59.4 Å². The predicted molar refractivity (Wildman–Crippen MR) is 278 cm³/mol. The van der Waals surface area contributed by atoms with E-state index in [0.717, 1.165) is 0 Å². The number of aromatic amines is 3. The van der Waals surface area contributed by atoms with Crippen molar-refractivity contribution in [1.29, 1.82) is 0 Å². The quantitative estimate of drug-likeness (QED) is 0.152. The van der Waals surface area contributed by atoms with E-state index in [1.165, 1.54) is 50.5 Å². The van der Waals surface area contributed by atoms with E-state index in [4.69, 9.17) is 41.6 Å². The number of fused-ring (bicyclic) bond motifs is 3. The lowest BCUT2D eigenvalue weighted by molar-refractivity contribution is -0.131. The molecule has 0 bridgehead atoms. The van der Waals surface area contributed by atoms with Gasteiger partial charge in [-0.3, -0.25) is 14.4 Å². The average Bonchev–Trinajstić information content (AvgIpc) is 0.768. The first-order valence-electron chi connectivity index (χ1n) is 30.8. The SMILES string of the molecule is [2H]c1c(C)[nH]c2ncnc(N(C)[C@@]3([2H])CN(C(=O)C[N+]#[C-])CC[C@@]3([2H])C([2H])([2H])[2H])c12.[2H]c1c(C)[nH]c2ncnc(N(C)[C@@]3([2H])CN(C(=O)C[N+]#[C-])CC[C@H]3C([2H])([2H])[2H])c12.[2H]c1c(C)[nH]c2ncnc(N(C)[C@H]3CN(C(=O)C[N+]#[C-])CC[C@@]3([2H])C([2H])([2H])[2H])c12. The molecule has 21 heteroatoms. The van der Waals surface area contributed by atoms with Crippen molar-refractivity contribution in [2.24, 2.45) is 17.7 Å². The number of H-pyrrole nitrogens is 3. The van der Waals surface area contributed by atoms with E-state index in [1.54, 1.807) is 39.8 Å². The Labute approximate surface area is 443 Å². The lowest BCUT2D eigenvalue weighted by Gasteiger charge is -2.41. The summed E-state index contributed by atoms with van der Waals surface area (Å²) in [6.07, 6.45) is 3.61. The van der Waals surface area contributed by atoms with Crippen LogP contribution in [-0.2, 0) is 14.4 Å². The third kappa shape index (κ3) is 11.5. The minimum absolute atomic E-state index is 0.0189. The van der Waals surface area contributed by atoms with E-state index >= 15 is 0 Å². The van der Waals surface area contributed by atoms with E-state index in [0.29, 0.717) is 56.0 Å². The maximum absolute atomic E-state index is 12.3. The summed E-state index contributed by atoms with van der Waals surface area (Å²) in [6, 6.07) is -4.27. The highest BCUT2D eigenvalue weighted by Crippen LogP contribution is 2.32. The van der Waals surface area contributed by atoms with Gasteiger partial charge in [-0.05, 0) is 75.9 Å². The standard InChI is InChI=1S/3C17H22N6O/c3*1-11-5-6-23(15(24)8-18-3)9-14(11)22(4)17-13-7-12(2)21-16(13)19-10-20-17/h3*7,10-11,14H,5-6,8-9H2,1-2,4H3,(H,19,20,21)/t3*11-,14+/m111/s1/i1D3,7D,11D,14D;1D3,7D,14D;1D3,7D,11D. The molecule has 3 fully saturated rings. The van der Waals surface area contributed by atoms with Crippen LogP contribution in [0.1, 0.15) is 78.8 Å². The van der Waals surface area contributed by atoms with Gasteiger partial charge in [0, 0.05) is 92.6 Å². The third-order valence-corrected chi connectivity index (χ3v) is 12.5. The van der Waals surface area contributed by atoms with Crippen LogP contribution < -0.4 is 14.7 Å². The fourth-order valence-corrected chi connectivity index (χ4v) is 8.71. The number of anilines is 3. The van der Waals surface area contributed by atoms with Gasteiger partial charge in [0.15, 0.2) is 0 Å². The predicted octanol–water partition coefficient (Wildman–Crippen LogP) is 5.58. The van der Waals surface area contributed by atoms with Gasteiger partial charge in [0.1, 0.15) is 53.4 Å². The first-order chi connectivity index (χ1) is 40.9. The van der Waals surface area contributed by atoms with Crippen molar-refractivity contribution in [3.8, 4) is 0 Å². The number of rotatable bonds is 9. The van der Waals surface area contributed by atoms with Gasteiger partial charge in [-0.25, -0.2) is 49.6 Å². The molecule has 0 radical (unpaired) electrons. The van der Waals surface area contributed by atoms with Crippen molar-refractivity contribution < 1.29 is 36.3 Å². The highest BCUT2D eigenvalue weighted by Gasteiger charge is 2.36. The fourth-order valence-electron chi connectivity index (χ4n) is 8.71. The normalized spacial score (nSPS) is 28.7. The molecule has 3 aliphatic heterocycles. The number of likely N-dealkylation sites (tertiary alicyclic amines) is 3. The molecule has 0 aliphatic carbocycles. The Hall–Kier alpha value is -7.86. The van der Waals surface area contributed by atoms with Crippen LogP contribution >= 0.6 is 0 Å². The number of piperidine rings is 3. The van der Waals surface area contributed by atoms with Gasteiger partial charge in [0.05, 0.1) is 41.1 Å². The molecule has 0 spiro atoms. The Morgan fingerprint density at radius 2 is 0.986 bits per heavy atom. The highest BCUT2D eigenvalue weighted by atomic mass is 16.2. The largest absolute Gasteiger partial charge is 0.354 e.